The number of esters is 4. The molecule has 0 aliphatic rings. The fraction of sp³-hybridized carbons (Fsp3) is 0.941. The standard InChI is InChI=1S/C68H132O17P2/c1-58(2)44-36-28-20-14-11-9-10-12-16-24-32-40-48-65(70)78-54-63(84-67(72)50-42-34-25-17-13-15-21-29-37-45-59(3)4)56-82-86(74,75)80-52-62(69)53-81-87(76,77)83-57-64(85-68(73)51-43-35-27-19-23-31-39-47-61(7)8)55-79-66(71)49-41-33-26-18-22-30-38-46-60(5)6/h58-64,69H,9-57H2,1-8H3,(H,74,75)(H,76,77)/t62?,63-,64-/m1/s1. The summed E-state index contributed by atoms with van der Waals surface area (Å²) in [6.07, 6.45) is 39.1. The topological polar surface area (TPSA) is 237 Å². The van der Waals surface area contributed by atoms with Gasteiger partial charge in [-0.2, -0.15) is 0 Å². The highest BCUT2D eigenvalue weighted by Crippen LogP contribution is 2.45. The van der Waals surface area contributed by atoms with Gasteiger partial charge in [0.25, 0.3) is 0 Å². The van der Waals surface area contributed by atoms with Crippen LogP contribution in [0.15, 0.2) is 0 Å². The minimum absolute atomic E-state index is 0.102. The summed E-state index contributed by atoms with van der Waals surface area (Å²) in [6.45, 7) is 14.0. The van der Waals surface area contributed by atoms with E-state index in [-0.39, 0.29) is 25.7 Å². The second-order valence-corrected chi connectivity index (χ2v) is 29.4. The predicted octanol–water partition coefficient (Wildman–Crippen LogP) is 18.9. The van der Waals surface area contributed by atoms with E-state index in [1.54, 1.807) is 0 Å². The lowest BCUT2D eigenvalue weighted by Gasteiger charge is -2.21. The molecule has 0 aromatic heterocycles. The lowest BCUT2D eigenvalue weighted by Crippen LogP contribution is -2.30. The molecule has 0 saturated heterocycles. The molecule has 0 aliphatic carbocycles. The number of hydrogen-bond donors (Lipinski definition) is 3. The van der Waals surface area contributed by atoms with Gasteiger partial charge in [-0.1, -0.05) is 280 Å². The summed E-state index contributed by atoms with van der Waals surface area (Å²) in [5, 5.41) is 10.6. The molecule has 3 N–H and O–H groups in total. The van der Waals surface area contributed by atoms with Gasteiger partial charge >= 0.3 is 39.5 Å². The molecule has 0 amide bonds. The Morgan fingerprint density at radius 1 is 0.287 bits per heavy atom. The molecular formula is C68H132O17P2. The molecule has 0 bridgehead atoms. The van der Waals surface area contributed by atoms with Gasteiger partial charge in [-0.15, -0.1) is 0 Å². The minimum Gasteiger partial charge on any atom is -0.462 e. The summed E-state index contributed by atoms with van der Waals surface area (Å²) in [4.78, 5) is 72.4. The predicted molar refractivity (Wildman–Crippen MR) is 349 cm³/mol. The molecule has 0 radical (unpaired) electrons. The average molecular weight is 1280 g/mol. The van der Waals surface area contributed by atoms with Crippen molar-refractivity contribution in [1.82, 2.24) is 0 Å². The zero-order chi connectivity index (χ0) is 64.7. The molecule has 0 saturated carbocycles. The van der Waals surface area contributed by atoms with Crippen molar-refractivity contribution in [1.29, 1.82) is 0 Å². The second-order valence-electron chi connectivity index (χ2n) is 26.5. The summed E-state index contributed by atoms with van der Waals surface area (Å²) in [7, 11) is -9.90. The smallest absolute Gasteiger partial charge is 0.462 e. The Morgan fingerprint density at radius 2 is 0.483 bits per heavy atom. The van der Waals surface area contributed by atoms with Crippen LogP contribution in [0.25, 0.3) is 0 Å². The van der Waals surface area contributed by atoms with E-state index in [4.69, 9.17) is 37.0 Å². The molecular weight excluding hydrogens is 1150 g/mol. The van der Waals surface area contributed by atoms with Gasteiger partial charge in [-0.05, 0) is 49.4 Å². The summed E-state index contributed by atoms with van der Waals surface area (Å²) >= 11 is 0. The quantitative estimate of drug-likeness (QED) is 0.0222. The van der Waals surface area contributed by atoms with E-state index in [1.165, 1.54) is 128 Å². The SMILES string of the molecule is CC(C)CCCCCCCCCCCCCCC(=O)OC[C@H](COP(=O)(O)OCC(O)COP(=O)(O)OC[C@@H](COC(=O)CCCCCCCCCC(C)C)OC(=O)CCCCCCCCCC(C)C)OC(=O)CCCCCCCCCCCC(C)C. The van der Waals surface area contributed by atoms with Crippen LogP contribution >= 0.6 is 15.6 Å². The number of carbonyl (C=O) groups is 4. The molecule has 87 heavy (non-hydrogen) atoms. The first kappa shape index (κ1) is 85.1. The molecule has 0 spiro atoms. The van der Waals surface area contributed by atoms with Crippen LogP contribution in [0.1, 0.15) is 331 Å². The maximum absolute atomic E-state index is 13.0. The molecule has 0 aliphatic heterocycles. The van der Waals surface area contributed by atoms with Crippen molar-refractivity contribution in [3.05, 3.63) is 0 Å². The Morgan fingerprint density at radius 3 is 0.713 bits per heavy atom. The third-order valence-corrected chi connectivity index (χ3v) is 17.5. The zero-order valence-electron chi connectivity index (χ0n) is 56.6. The Hall–Kier alpha value is -1.94. The van der Waals surface area contributed by atoms with E-state index >= 15 is 0 Å². The van der Waals surface area contributed by atoms with E-state index in [0.29, 0.717) is 37.5 Å². The van der Waals surface area contributed by atoms with Gasteiger partial charge < -0.3 is 33.8 Å². The molecule has 3 unspecified atom stereocenters. The number of unbranched alkanes of at least 4 members (excludes halogenated alkanes) is 31. The van der Waals surface area contributed by atoms with E-state index in [9.17, 15) is 43.2 Å². The number of ether oxygens (including phenoxy) is 4. The number of carbonyl (C=O) groups excluding carboxylic acids is 4. The van der Waals surface area contributed by atoms with Gasteiger partial charge in [0.15, 0.2) is 12.2 Å². The number of phosphoric ester groups is 2. The van der Waals surface area contributed by atoms with Crippen molar-refractivity contribution in [3.8, 4) is 0 Å². The molecule has 19 heteroatoms. The zero-order valence-corrected chi connectivity index (χ0v) is 58.4. The second kappa shape index (κ2) is 57.9. The maximum Gasteiger partial charge on any atom is 0.472 e. The molecule has 0 fully saturated rings. The normalized spacial score (nSPS) is 14.3. The highest BCUT2D eigenvalue weighted by molar-refractivity contribution is 7.47. The van der Waals surface area contributed by atoms with Crippen LogP contribution in [0, 0.1) is 23.7 Å². The van der Waals surface area contributed by atoms with Gasteiger partial charge in [0.05, 0.1) is 26.4 Å². The molecule has 0 aromatic carbocycles. The van der Waals surface area contributed by atoms with Gasteiger partial charge in [-0.3, -0.25) is 37.3 Å². The largest absolute Gasteiger partial charge is 0.472 e. The van der Waals surface area contributed by atoms with Crippen LogP contribution in [0.5, 0.6) is 0 Å². The van der Waals surface area contributed by atoms with Crippen molar-refractivity contribution in [2.75, 3.05) is 39.6 Å². The minimum atomic E-state index is -4.95. The first-order valence-corrected chi connectivity index (χ1v) is 38.2. The summed E-state index contributed by atoms with van der Waals surface area (Å²) in [5.74, 6) is 0.784. The number of phosphoric acid groups is 2. The summed E-state index contributed by atoms with van der Waals surface area (Å²) in [6, 6.07) is 0. The van der Waals surface area contributed by atoms with E-state index in [1.807, 2.05) is 0 Å². The highest BCUT2D eigenvalue weighted by Gasteiger charge is 2.30. The Bertz CT molecular complexity index is 1730. The average Bonchev–Trinajstić information content (AvgIpc) is 3.64. The molecule has 5 atom stereocenters. The van der Waals surface area contributed by atoms with Crippen LogP contribution in [-0.4, -0.2) is 96.7 Å². The fourth-order valence-electron chi connectivity index (χ4n) is 10.1. The first-order chi connectivity index (χ1) is 41.6. The monoisotopic (exact) mass is 1280 g/mol. The number of rotatable bonds is 65. The summed E-state index contributed by atoms with van der Waals surface area (Å²) in [5.41, 5.74) is 0. The van der Waals surface area contributed by atoms with E-state index in [2.05, 4.69) is 55.4 Å². The molecule has 516 valence electrons. The van der Waals surface area contributed by atoms with Crippen molar-refractivity contribution in [2.45, 2.75) is 350 Å². The first-order valence-electron chi connectivity index (χ1n) is 35.2. The Balaban J connectivity index is 5.24. The van der Waals surface area contributed by atoms with Gasteiger partial charge in [0.1, 0.15) is 19.3 Å². The van der Waals surface area contributed by atoms with Gasteiger partial charge in [-0.25, -0.2) is 9.13 Å². The molecule has 0 aromatic rings. The van der Waals surface area contributed by atoms with E-state index < -0.39 is 97.5 Å². The van der Waals surface area contributed by atoms with Crippen molar-refractivity contribution >= 4 is 39.5 Å². The van der Waals surface area contributed by atoms with Crippen molar-refractivity contribution in [2.24, 2.45) is 23.7 Å². The summed E-state index contributed by atoms with van der Waals surface area (Å²) < 4.78 is 68.1. The third kappa shape index (κ3) is 62.6. The van der Waals surface area contributed by atoms with Crippen LogP contribution in [0.3, 0.4) is 0 Å². The Labute approximate surface area is 530 Å². The molecule has 0 rings (SSSR count). The van der Waals surface area contributed by atoms with Crippen LogP contribution in [0.2, 0.25) is 0 Å². The third-order valence-electron chi connectivity index (χ3n) is 15.6. The highest BCUT2D eigenvalue weighted by atomic mass is 31.2. The molecule has 17 nitrogen and oxygen atoms in total. The fourth-order valence-corrected chi connectivity index (χ4v) is 11.7. The van der Waals surface area contributed by atoms with Crippen LogP contribution < -0.4 is 0 Å². The lowest BCUT2D eigenvalue weighted by atomic mass is 10.0. The van der Waals surface area contributed by atoms with E-state index in [0.717, 1.165) is 108 Å². The van der Waals surface area contributed by atoms with Gasteiger partial charge in [0, 0.05) is 25.7 Å². The van der Waals surface area contributed by atoms with Gasteiger partial charge in [0.2, 0.25) is 0 Å². The van der Waals surface area contributed by atoms with Crippen LogP contribution in [0.4, 0.5) is 0 Å². The lowest BCUT2D eigenvalue weighted by molar-refractivity contribution is -0.161. The van der Waals surface area contributed by atoms with Crippen LogP contribution in [-0.2, 0) is 65.4 Å². The Kier molecular flexibility index (Phi) is 56.6. The van der Waals surface area contributed by atoms with Crippen molar-refractivity contribution in [3.63, 3.8) is 0 Å². The number of hydrogen-bond acceptors (Lipinski definition) is 15. The number of aliphatic hydroxyl groups is 1. The van der Waals surface area contributed by atoms with Crippen molar-refractivity contribution < 1.29 is 80.2 Å². The molecule has 0 heterocycles. The number of aliphatic hydroxyl groups excluding tert-OH is 1. The maximum atomic E-state index is 13.0.